The zero-order chi connectivity index (χ0) is 20.7. The van der Waals surface area contributed by atoms with Gasteiger partial charge in [0.25, 0.3) is 0 Å². The topological polar surface area (TPSA) is 76.5 Å². The molecule has 0 aliphatic carbocycles. The first-order valence-electron chi connectivity index (χ1n) is 11.1. The van der Waals surface area contributed by atoms with Gasteiger partial charge in [0, 0.05) is 61.2 Å². The highest BCUT2D eigenvalue weighted by molar-refractivity contribution is 7.09. The minimum absolute atomic E-state index is 0.230. The molecular formula is C22H26N6O2S. The third-order valence-corrected chi connectivity index (χ3v) is 7.83. The number of piperidine rings is 1. The first-order valence-corrected chi connectivity index (χ1v) is 12.0. The predicted molar refractivity (Wildman–Crippen MR) is 120 cm³/mol. The van der Waals surface area contributed by atoms with E-state index in [4.69, 9.17) is 9.47 Å². The van der Waals surface area contributed by atoms with Gasteiger partial charge in [-0.15, -0.1) is 21.5 Å². The molecule has 0 saturated carbocycles. The Morgan fingerprint density at radius 1 is 1.06 bits per heavy atom. The smallest absolute Gasteiger partial charge is 0.162 e. The number of rotatable bonds is 4. The molecule has 9 heteroatoms. The van der Waals surface area contributed by atoms with E-state index in [2.05, 4.69) is 48.4 Å². The SMILES string of the molecule is c1csc([C@@]2([C@H]3CCCN(c4nnnc5cc(N6CCOCC6)ccc45)C3)CCO2)n1. The number of anilines is 2. The van der Waals surface area contributed by atoms with Crippen molar-refractivity contribution in [2.24, 2.45) is 5.92 Å². The minimum atomic E-state index is -0.230. The zero-order valence-corrected chi connectivity index (χ0v) is 18.3. The molecule has 0 unspecified atom stereocenters. The molecule has 3 fully saturated rings. The van der Waals surface area contributed by atoms with Crippen LogP contribution in [0.15, 0.2) is 29.8 Å². The highest BCUT2D eigenvalue weighted by atomic mass is 32.1. The predicted octanol–water partition coefficient (Wildman–Crippen LogP) is 2.85. The van der Waals surface area contributed by atoms with Crippen molar-refractivity contribution in [2.75, 3.05) is 55.8 Å². The number of hydrogen-bond donors (Lipinski definition) is 0. The average Bonchev–Trinajstić information content (AvgIpc) is 3.33. The van der Waals surface area contributed by atoms with Gasteiger partial charge in [0.05, 0.1) is 19.8 Å². The molecule has 5 heterocycles. The lowest BCUT2D eigenvalue weighted by molar-refractivity contribution is -0.191. The van der Waals surface area contributed by atoms with Crippen molar-refractivity contribution in [1.82, 2.24) is 20.4 Å². The van der Waals surface area contributed by atoms with Crippen molar-refractivity contribution < 1.29 is 9.47 Å². The third-order valence-electron chi connectivity index (χ3n) is 6.90. The molecule has 0 amide bonds. The van der Waals surface area contributed by atoms with Gasteiger partial charge >= 0.3 is 0 Å². The zero-order valence-electron chi connectivity index (χ0n) is 17.4. The number of fused-ring (bicyclic) bond motifs is 1. The molecule has 2 aromatic heterocycles. The summed E-state index contributed by atoms with van der Waals surface area (Å²) in [5, 5.41) is 17.2. The van der Waals surface area contributed by atoms with Crippen LogP contribution in [0.4, 0.5) is 11.5 Å². The van der Waals surface area contributed by atoms with E-state index in [1.54, 1.807) is 11.3 Å². The lowest BCUT2D eigenvalue weighted by Crippen LogP contribution is -2.53. The fraction of sp³-hybridized carbons (Fsp3) is 0.545. The standard InChI is InChI=1S/C22H26N6O2S/c1-2-16(22(5-10-30-22)21-23-6-13-31-21)15-28(7-1)20-18-4-3-17(14-19(18)24-26-25-20)27-8-11-29-12-9-27/h3-4,6,13-14,16H,1-2,5,7-12,15H2/t16-,22-/m0/s1. The molecular weight excluding hydrogens is 412 g/mol. The summed E-state index contributed by atoms with van der Waals surface area (Å²) in [5.74, 6) is 1.33. The molecule has 3 aromatic rings. The third kappa shape index (κ3) is 3.35. The van der Waals surface area contributed by atoms with Crippen LogP contribution >= 0.6 is 11.3 Å². The average molecular weight is 439 g/mol. The number of benzene rings is 1. The number of thiazole rings is 1. The molecule has 6 rings (SSSR count). The van der Waals surface area contributed by atoms with Crippen molar-refractivity contribution in [3.05, 3.63) is 34.8 Å². The number of aromatic nitrogens is 4. The summed E-state index contributed by atoms with van der Waals surface area (Å²) in [6, 6.07) is 6.46. The Hall–Kier alpha value is -2.36. The van der Waals surface area contributed by atoms with E-state index in [1.165, 1.54) is 5.69 Å². The van der Waals surface area contributed by atoms with Crippen LogP contribution in [0, 0.1) is 5.92 Å². The largest absolute Gasteiger partial charge is 0.378 e. The van der Waals surface area contributed by atoms with Gasteiger partial charge in [-0.3, -0.25) is 0 Å². The summed E-state index contributed by atoms with van der Waals surface area (Å²) in [7, 11) is 0. The maximum Gasteiger partial charge on any atom is 0.162 e. The highest BCUT2D eigenvalue weighted by Crippen LogP contribution is 2.48. The van der Waals surface area contributed by atoms with Gasteiger partial charge in [-0.1, -0.05) is 0 Å². The number of morpholine rings is 1. The first kappa shape index (κ1) is 19.3. The summed E-state index contributed by atoms with van der Waals surface area (Å²) in [6.07, 6.45) is 5.19. The molecule has 0 radical (unpaired) electrons. The number of ether oxygens (including phenoxy) is 2. The van der Waals surface area contributed by atoms with Gasteiger partial charge in [-0.25, -0.2) is 4.98 Å². The molecule has 31 heavy (non-hydrogen) atoms. The minimum Gasteiger partial charge on any atom is -0.378 e. The highest BCUT2D eigenvalue weighted by Gasteiger charge is 2.50. The van der Waals surface area contributed by atoms with E-state index in [0.29, 0.717) is 5.92 Å². The van der Waals surface area contributed by atoms with Gasteiger partial charge in [-0.05, 0) is 36.3 Å². The second kappa shape index (κ2) is 7.96. The van der Waals surface area contributed by atoms with Crippen molar-refractivity contribution in [2.45, 2.75) is 24.9 Å². The molecule has 0 spiro atoms. The van der Waals surface area contributed by atoms with Crippen LogP contribution in [0.25, 0.3) is 10.9 Å². The van der Waals surface area contributed by atoms with Gasteiger partial charge in [0.1, 0.15) is 16.1 Å². The Bertz CT molecular complexity index is 1050. The number of nitrogens with zero attached hydrogens (tertiary/aromatic N) is 6. The fourth-order valence-corrected chi connectivity index (χ4v) is 6.08. The first-order chi connectivity index (χ1) is 15.3. The van der Waals surface area contributed by atoms with Crippen molar-refractivity contribution in [3.63, 3.8) is 0 Å². The molecule has 2 atom stereocenters. The second-order valence-corrected chi connectivity index (χ2v) is 9.42. The summed E-state index contributed by atoms with van der Waals surface area (Å²) in [6.45, 7) is 6.04. The molecule has 0 bridgehead atoms. The molecule has 3 aliphatic rings. The lowest BCUT2D eigenvalue weighted by atomic mass is 9.77. The van der Waals surface area contributed by atoms with Gasteiger partial charge < -0.3 is 19.3 Å². The number of hydrogen-bond acceptors (Lipinski definition) is 9. The maximum absolute atomic E-state index is 6.21. The molecule has 0 N–H and O–H groups in total. The Balaban J connectivity index is 1.29. The lowest BCUT2D eigenvalue weighted by Gasteiger charge is -2.49. The van der Waals surface area contributed by atoms with Gasteiger partial charge in [0.15, 0.2) is 5.82 Å². The van der Waals surface area contributed by atoms with Crippen LogP contribution in [-0.4, -0.2) is 66.4 Å². The van der Waals surface area contributed by atoms with Crippen LogP contribution < -0.4 is 9.80 Å². The molecule has 8 nitrogen and oxygen atoms in total. The van der Waals surface area contributed by atoms with E-state index in [-0.39, 0.29) is 5.60 Å². The van der Waals surface area contributed by atoms with Crippen LogP contribution in [0.2, 0.25) is 0 Å². The van der Waals surface area contributed by atoms with Gasteiger partial charge in [-0.2, -0.15) is 0 Å². The van der Waals surface area contributed by atoms with E-state index in [9.17, 15) is 0 Å². The van der Waals surface area contributed by atoms with E-state index in [1.807, 2.05) is 11.6 Å². The summed E-state index contributed by atoms with van der Waals surface area (Å²) < 4.78 is 11.7. The summed E-state index contributed by atoms with van der Waals surface area (Å²) in [5.41, 5.74) is 1.84. The molecule has 3 aliphatic heterocycles. The molecule has 1 aromatic carbocycles. The van der Waals surface area contributed by atoms with Crippen LogP contribution in [-0.2, 0) is 15.1 Å². The molecule has 162 valence electrons. The second-order valence-electron chi connectivity index (χ2n) is 8.52. The molecule has 3 saturated heterocycles. The van der Waals surface area contributed by atoms with Crippen LogP contribution in [0.3, 0.4) is 0 Å². The Kier molecular flexibility index (Phi) is 4.96. The van der Waals surface area contributed by atoms with Gasteiger partial charge in [0.2, 0.25) is 0 Å². The monoisotopic (exact) mass is 438 g/mol. The Morgan fingerprint density at radius 3 is 2.74 bits per heavy atom. The van der Waals surface area contributed by atoms with E-state index >= 15 is 0 Å². The fourth-order valence-electron chi connectivity index (χ4n) is 5.18. The van der Waals surface area contributed by atoms with Crippen LogP contribution in [0.5, 0.6) is 0 Å². The normalized spacial score (nSPS) is 26.8. The van der Waals surface area contributed by atoms with Crippen molar-refractivity contribution in [1.29, 1.82) is 0 Å². The van der Waals surface area contributed by atoms with E-state index in [0.717, 1.165) is 87.0 Å². The quantitative estimate of drug-likeness (QED) is 0.616. The summed E-state index contributed by atoms with van der Waals surface area (Å²) >= 11 is 1.71. The van der Waals surface area contributed by atoms with Crippen molar-refractivity contribution >= 4 is 33.7 Å². The Labute approximate surface area is 185 Å². The summed E-state index contributed by atoms with van der Waals surface area (Å²) in [4.78, 5) is 9.32. The Morgan fingerprint density at radius 2 is 1.97 bits per heavy atom. The van der Waals surface area contributed by atoms with Crippen LogP contribution in [0.1, 0.15) is 24.3 Å². The van der Waals surface area contributed by atoms with E-state index < -0.39 is 0 Å². The maximum atomic E-state index is 6.21. The van der Waals surface area contributed by atoms with Crippen molar-refractivity contribution in [3.8, 4) is 0 Å².